The van der Waals surface area contributed by atoms with Gasteiger partial charge in [0.05, 0.1) is 5.39 Å². The number of aryl methyl sites for hydroxylation is 1. The number of rotatable bonds is 2. The Kier molecular flexibility index (Phi) is 3.58. The van der Waals surface area contributed by atoms with Gasteiger partial charge >= 0.3 is 11.6 Å². The van der Waals surface area contributed by atoms with E-state index in [1.807, 2.05) is 19.1 Å². The van der Waals surface area contributed by atoms with Gasteiger partial charge in [-0.3, -0.25) is 0 Å². The molecule has 0 aliphatic carbocycles. The first-order valence-electron chi connectivity index (χ1n) is 6.54. The molecule has 0 atom stereocenters. The molecule has 0 saturated carbocycles. The summed E-state index contributed by atoms with van der Waals surface area (Å²) in [7, 11) is 0. The SMILES string of the molecule is Cc1cc(-c2c(C(=O)O)oc(=O)c3ccccc23)ccc1Br. The number of carboxylic acid groups (broad SMARTS) is 1. The van der Waals surface area contributed by atoms with Crippen molar-refractivity contribution in [1.29, 1.82) is 0 Å². The second-order valence-electron chi connectivity index (χ2n) is 4.91. The Balaban J connectivity index is 2.47. The molecule has 3 rings (SSSR count). The lowest BCUT2D eigenvalue weighted by Crippen LogP contribution is -2.09. The Bertz CT molecular complexity index is 957. The van der Waals surface area contributed by atoms with Gasteiger partial charge in [-0.25, -0.2) is 9.59 Å². The van der Waals surface area contributed by atoms with Crippen molar-refractivity contribution in [2.24, 2.45) is 0 Å². The summed E-state index contributed by atoms with van der Waals surface area (Å²) >= 11 is 3.42. The van der Waals surface area contributed by atoms with Crippen molar-refractivity contribution >= 4 is 32.7 Å². The van der Waals surface area contributed by atoms with Crippen molar-refractivity contribution in [2.75, 3.05) is 0 Å². The lowest BCUT2D eigenvalue weighted by Gasteiger charge is -2.10. The molecule has 0 saturated heterocycles. The molecular formula is C17H11BrO4. The highest BCUT2D eigenvalue weighted by Gasteiger charge is 2.20. The molecule has 0 radical (unpaired) electrons. The summed E-state index contributed by atoms with van der Waals surface area (Å²) in [4.78, 5) is 23.5. The molecule has 1 heterocycles. The topological polar surface area (TPSA) is 67.5 Å². The van der Waals surface area contributed by atoms with Gasteiger partial charge in [-0.1, -0.05) is 46.3 Å². The number of carbonyl (C=O) groups is 1. The van der Waals surface area contributed by atoms with E-state index in [4.69, 9.17) is 4.42 Å². The van der Waals surface area contributed by atoms with Crippen LogP contribution in [0, 0.1) is 6.92 Å². The Morgan fingerprint density at radius 1 is 1.14 bits per heavy atom. The van der Waals surface area contributed by atoms with Gasteiger partial charge in [0.1, 0.15) is 0 Å². The number of hydrogen-bond acceptors (Lipinski definition) is 3. The van der Waals surface area contributed by atoms with E-state index in [-0.39, 0.29) is 5.76 Å². The third kappa shape index (κ3) is 2.33. The Morgan fingerprint density at radius 3 is 2.45 bits per heavy atom. The van der Waals surface area contributed by atoms with E-state index in [1.54, 1.807) is 30.3 Å². The number of hydrogen-bond donors (Lipinski definition) is 1. The average Bonchev–Trinajstić information content (AvgIpc) is 2.50. The zero-order chi connectivity index (χ0) is 15.9. The summed E-state index contributed by atoms with van der Waals surface area (Å²) in [5.41, 5.74) is 1.42. The van der Waals surface area contributed by atoms with Crippen LogP contribution in [0.2, 0.25) is 0 Å². The van der Waals surface area contributed by atoms with Crippen LogP contribution in [0.25, 0.3) is 21.9 Å². The lowest BCUT2D eigenvalue weighted by molar-refractivity contribution is 0.0659. The predicted octanol–water partition coefficient (Wildman–Crippen LogP) is 4.23. The highest BCUT2D eigenvalue weighted by Crippen LogP contribution is 2.32. The van der Waals surface area contributed by atoms with Gasteiger partial charge in [-0.15, -0.1) is 0 Å². The Morgan fingerprint density at radius 2 is 1.82 bits per heavy atom. The molecule has 4 nitrogen and oxygen atoms in total. The molecule has 0 aliphatic rings. The molecule has 3 aromatic rings. The average molecular weight is 359 g/mol. The van der Waals surface area contributed by atoms with Gasteiger partial charge < -0.3 is 9.52 Å². The first-order chi connectivity index (χ1) is 10.5. The van der Waals surface area contributed by atoms with Crippen molar-refractivity contribution in [3.63, 3.8) is 0 Å². The number of carboxylic acids is 1. The molecule has 0 bridgehead atoms. The Hall–Kier alpha value is -2.40. The van der Waals surface area contributed by atoms with Gasteiger partial charge in [-0.2, -0.15) is 0 Å². The summed E-state index contributed by atoms with van der Waals surface area (Å²) in [6.07, 6.45) is 0. The summed E-state index contributed by atoms with van der Waals surface area (Å²) in [5, 5.41) is 10.3. The van der Waals surface area contributed by atoms with Gasteiger partial charge in [0.15, 0.2) is 0 Å². The van der Waals surface area contributed by atoms with E-state index in [0.29, 0.717) is 21.9 Å². The minimum Gasteiger partial charge on any atom is -0.475 e. The highest BCUT2D eigenvalue weighted by atomic mass is 79.9. The monoisotopic (exact) mass is 358 g/mol. The molecule has 0 unspecified atom stereocenters. The molecule has 0 amide bonds. The first kappa shape index (κ1) is 14.5. The largest absolute Gasteiger partial charge is 0.475 e. The van der Waals surface area contributed by atoms with Crippen molar-refractivity contribution in [2.45, 2.75) is 6.92 Å². The van der Waals surface area contributed by atoms with E-state index < -0.39 is 11.6 Å². The molecular weight excluding hydrogens is 348 g/mol. The maximum absolute atomic E-state index is 12.0. The van der Waals surface area contributed by atoms with E-state index in [9.17, 15) is 14.7 Å². The second-order valence-corrected chi connectivity index (χ2v) is 5.76. The van der Waals surface area contributed by atoms with Crippen LogP contribution < -0.4 is 5.63 Å². The third-order valence-electron chi connectivity index (χ3n) is 3.48. The molecule has 1 aromatic heterocycles. The number of aromatic carboxylic acids is 1. The van der Waals surface area contributed by atoms with E-state index in [2.05, 4.69) is 15.9 Å². The molecule has 0 fully saturated rings. The fourth-order valence-corrected chi connectivity index (χ4v) is 2.68. The molecule has 5 heteroatoms. The van der Waals surface area contributed by atoms with Crippen molar-refractivity contribution in [1.82, 2.24) is 0 Å². The van der Waals surface area contributed by atoms with Crippen molar-refractivity contribution in [3.05, 3.63) is 68.7 Å². The Labute approximate surface area is 134 Å². The third-order valence-corrected chi connectivity index (χ3v) is 4.37. The van der Waals surface area contributed by atoms with Crippen LogP contribution in [-0.2, 0) is 0 Å². The molecule has 0 spiro atoms. The van der Waals surface area contributed by atoms with Gasteiger partial charge in [0, 0.05) is 15.4 Å². The molecule has 2 aromatic carbocycles. The van der Waals surface area contributed by atoms with Crippen LogP contribution in [0.1, 0.15) is 16.1 Å². The summed E-state index contributed by atoms with van der Waals surface area (Å²) in [5.74, 6) is -1.61. The maximum Gasteiger partial charge on any atom is 0.372 e. The zero-order valence-electron chi connectivity index (χ0n) is 11.6. The predicted molar refractivity (Wildman–Crippen MR) is 87.3 cm³/mol. The summed E-state index contributed by atoms with van der Waals surface area (Å²) in [6, 6.07) is 12.3. The summed E-state index contributed by atoms with van der Waals surface area (Å²) in [6.45, 7) is 1.91. The van der Waals surface area contributed by atoms with Crippen LogP contribution in [0.3, 0.4) is 0 Å². The number of fused-ring (bicyclic) bond motifs is 1. The minimum absolute atomic E-state index is 0.342. The van der Waals surface area contributed by atoms with E-state index in [0.717, 1.165) is 10.0 Å². The fourth-order valence-electron chi connectivity index (χ4n) is 2.44. The standard InChI is InChI=1S/C17H11BrO4/c1-9-8-10(6-7-13(9)18)14-11-4-2-3-5-12(11)17(21)22-15(14)16(19)20/h2-8H,1H3,(H,19,20). The van der Waals surface area contributed by atoms with Gasteiger partial charge in [0.25, 0.3) is 0 Å². The van der Waals surface area contributed by atoms with Crippen molar-refractivity contribution in [3.8, 4) is 11.1 Å². The number of halogens is 1. The quantitative estimate of drug-likeness (QED) is 0.744. The van der Waals surface area contributed by atoms with Crippen LogP contribution >= 0.6 is 15.9 Å². The van der Waals surface area contributed by atoms with E-state index >= 15 is 0 Å². The molecule has 0 aliphatic heterocycles. The van der Waals surface area contributed by atoms with Crippen molar-refractivity contribution < 1.29 is 14.3 Å². The zero-order valence-corrected chi connectivity index (χ0v) is 13.2. The maximum atomic E-state index is 12.0. The summed E-state index contributed by atoms with van der Waals surface area (Å²) < 4.78 is 5.97. The van der Waals surface area contributed by atoms with Crippen LogP contribution in [0.4, 0.5) is 0 Å². The minimum atomic E-state index is -1.27. The smallest absolute Gasteiger partial charge is 0.372 e. The van der Waals surface area contributed by atoms with Crippen LogP contribution in [-0.4, -0.2) is 11.1 Å². The molecule has 110 valence electrons. The second kappa shape index (κ2) is 5.42. The highest BCUT2D eigenvalue weighted by molar-refractivity contribution is 9.10. The van der Waals surface area contributed by atoms with Gasteiger partial charge in [0.2, 0.25) is 5.76 Å². The van der Waals surface area contributed by atoms with Crippen LogP contribution in [0.15, 0.2) is 56.1 Å². The normalized spacial score (nSPS) is 10.8. The molecule has 1 N–H and O–H groups in total. The van der Waals surface area contributed by atoms with Gasteiger partial charge in [-0.05, 0) is 30.2 Å². The number of benzene rings is 2. The molecule has 22 heavy (non-hydrogen) atoms. The fraction of sp³-hybridized carbons (Fsp3) is 0.0588. The first-order valence-corrected chi connectivity index (χ1v) is 7.34. The lowest BCUT2D eigenvalue weighted by atomic mass is 9.97. The van der Waals surface area contributed by atoms with Crippen LogP contribution in [0.5, 0.6) is 0 Å². The van der Waals surface area contributed by atoms with E-state index in [1.165, 1.54) is 0 Å².